The lowest BCUT2D eigenvalue weighted by molar-refractivity contribution is -0.120. The third-order valence-corrected chi connectivity index (χ3v) is 3.55. The number of hydrogen-bond acceptors (Lipinski definition) is 3. The van der Waals surface area contributed by atoms with Crippen LogP contribution in [0, 0.1) is 5.41 Å². The molecular weight excluding hydrogens is 369 g/mol. The Kier molecular flexibility index (Phi) is 4.74. The van der Waals surface area contributed by atoms with Gasteiger partial charge in [-0.15, -0.1) is 0 Å². The Morgan fingerprint density at radius 1 is 1.45 bits per heavy atom. The monoisotopic (exact) mass is 385 g/mol. The largest absolute Gasteiger partial charge is 0.331 e. The third kappa shape index (κ3) is 3.00. The molecule has 0 aliphatic carbocycles. The van der Waals surface area contributed by atoms with Gasteiger partial charge in [-0.3, -0.25) is 15.0 Å². The highest BCUT2D eigenvalue weighted by atomic mass is 127. The fraction of sp³-hybridized carbons (Fsp3) is 0.357. The van der Waals surface area contributed by atoms with Crippen LogP contribution in [0.2, 0.25) is 0 Å². The number of halogens is 1. The summed E-state index contributed by atoms with van der Waals surface area (Å²) in [6, 6.07) is 7.19. The van der Waals surface area contributed by atoms with Gasteiger partial charge in [0, 0.05) is 12.1 Å². The van der Waals surface area contributed by atoms with E-state index in [2.05, 4.69) is 5.32 Å². The Labute approximate surface area is 131 Å². The molecule has 0 aromatic heterocycles. The molecule has 0 spiro atoms. The Hall–Kier alpha value is -1.44. The lowest BCUT2D eigenvalue weighted by atomic mass is 10.0. The average Bonchev–Trinajstić information content (AvgIpc) is 2.64. The van der Waals surface area contributed by atoms with Crippen molar-refractivity contribution in [1.29, 1.82) is 5.41 Å². The summed E-state index contributed by atoms with van der Waals surface area (Å²) in [4.78, 5) is 26.0. The zero-order chi connectivity index (χ0) is 14.7. The van der Waals surface area contributed by atoms with Gasteiger partial charge in [-0.25, -0.2) is 0 Å². The number of rotatable bonds is 4. The summed E-state index contributed by atoms with van der Waals surface area (Å²) in [6.45, 7) is 2.64. The molecule has 20 heavy (non-hydrogen) atoms. The molecule has 106 valence electrons. The summed E-state index contributed by atoms with van der Waals surface area (Å²) >= 11 is 1.74. The van der Waals surface area contributed by atoms with Gasteiger partial charge in [0.25, 0.3) is 5.91 Å². The first-order valence-electron chi connectivity index (χ1n) is 6.48. The van der Waals surface area contributed by atoms with Gasteiger partial charge in [0.15, 0.2) is 3.84 Å². The zero-order valence-electron chi connectivity index (χ0n) is 11.1. The first kappa shape index (κ1) is 15.0. The van der Waals surface area contributed by atoms with E-state index in [0.29, 0.717) is 12.1 Å². The van der Waals surface area contributed by atoms with Crippen molar-refractivity contribution in [3.63, 3.8) is 0 Å². The van der Waals surface area contributed by atoms with Crippen LogP contribution in [-0.4, -0.2) is 27.1 Å². The van der Waals surface area contributed by atoms with E-state index in [4.69, 9.17) is 5.41 Å². The normalized spacial score (nSPS) is 17.0. The second kappa shape index (κ2) is 6.34. The van der Waals surface area contributed by atoms with Crippen LogP contribution >= 0.6 is 22.6 Å². The summed E-state index contributed by atoms with van der Waals surface area (Å²) in [5.41, 5.74) is 1.59. The van der Waals surface area contributed by atoms with Crippen molar-refractivity contribution in [3.05, 3.63) is 35.4 Å². The van der Waals surface area contributed by atoms with Gasteiger partial charge in [-0.05, 0) is 40.6 Å². The summed E-state index contributed by atoms with van der Waals surface area (Å²) in [7, 11) is 0. The highest BCUT2D eigenvalue weighted by molar-refractivity contribution is 14.1. The Balaban J connectivity index is 2.25. The van der Waals surface area contributed by atoms with Gasteiger partial charge in [0.05, 0.1) is 12.5 Å². The van der Waals surface area contributed by atoms with Crippen molar-refractivity contribution in [1.82, 2.24) is 10.2 Å². The molecule has 0 radical (unpaired) electrons. The number of hydrogen-bond donors (Lipinski definition) is 2. The number of benzene rings is 1. The highest BCUT2D eigenvalue weighted by Crippen LogP contribution is 2.35. The van der Waals surface area contributed by atoms with Crippen molar-refractivity contribution >= 4 is 38.2 Å². The van der Waals surface area contributed by atoms with E-state index < -0.39 is 0 Å². The molecule has 1 heterocycles. The van der Waals surface area contributed by atoms with Crippen LogP contribution in [0.3, 0.4) is 0 Å². The molecule has 1 aromatic carbocycles. The Morgan fingerprint density at radius 3 is 2.80 bits per heavy atom. The summed E-state index contributed by atoms with van der Waals surface area (Å²) in [5, 5.41) is 9.76. The van der Waals surface area contributed by atoms with E-state index in [1.165, 1.54) is 0 Å². The quantitative estimate of drug-likeness (QED) is 0.362. The molecule has 1 aliphatic rings. The van der Waals surface area contributed by atoms with Crippen LogP contribution in [0.1, 0.15) is 41.7 Å². The van der Waals surface area contributed by atoms with Gasteiger partial charge in [0.2, 0.25) is 5.91 Å². The van der Waals surface area contributed by atoms with Gasteiger partial charge in [0.1, 0.15) is 0 Å². The summed E-state index contributed by atoms with van der Waals surface area (Å²) in [6.07, 6.45) is 1.04. The molecule has 6 heteroatoms. The zero-order valence-corrected chi connectivity index (χ0v) is 13.3. The number of carbonyl (C=O) groups is 2. The van der Waals surface area contributed by atoms with E-state index in [9.17, 15) is 9.59 Å². The van der Waals surface area contributed by atoms with Crippen LogP contribution in [0.15, 0.2) is 24.3 Å². The number of nitrogens with zero attached hydrogens (tertiary/aromatic N) is 1. The lowest BCUT2D eigenvalue weighted by Crippen LogP contribution is -2.34. The summed E-state index contributed by atoms with van der Waals surface area (Å²) < 4.78 is 0.0900. The second-order valence-corrected chi connectivity index (χ2v) is 5.75. The van der Waals surface area contributed by atoms with Crippen molar-refractivity contribution in [3.8, 4) is 0 Å². The predicted molar refractivity (Wildman–Crippen MR) is 85.0 cm³/mol. The number of amidine groups is 1. The molecule has 0 bridgehead atoms. The molecule has 2 rings (SSSR count). The molecule has 0 fully saturated rings. The number of nitrogens with one attached hydrogen (secondary N) is 2. The van der Waals surface area contributed by atoms with Crippen LogP contribution in [0.5, 0.6) is 0 Å². The maximum atomic E-state index is 12.4. The van der Waals surface area contributed by atoms with E-state index in [-0.39, 0.29) is 28.1 Å². The molecule has 1 atom stereocenters. The number of fused-ring (bicyclic) bond motifs is 1. The van der Waals surface area contributed by atoms with Gasteiger partial charge >= 0.3 is 0 Å². The fourth-order valence-corrected chi connectivity index (χ4v) is 2.81. The Bertz CT molecular complexity index is 559. The molecule has 1 aromatic rings. The van der Waals surface area contributed by atoms with Gasteiger partial charge < -0.3 is 10.2 Å². The molecule has 5 nitrogen and oxygen atoms in total. The topological polar surface area (TPSA) is 73.3 Å². The summed E-state index contributed by atoms with van der Waals surface area (Å²) in [5.74, 6) is -0.246. The molecule has 2 amide bonds. The maximum absolute atomic E-state index is 12.4. The number of carbonyl (C=O) groups excluding carboxylic acids is 2. The molecule has 1 aliphatic heterocycles. The van der Waals surface area contributed by atoms with E-state index in [0.717, 1.165) is 12.0 Å². The third-order valence-electron chi connectivity index (χ3n) is 3.28. The van der Waals surface area contributed by atoms with Gasteiger partial charge in [-0.1, -0.05) is 25.1 Å². The maximum Gasteiger partial charge on any atom is 0.254 e. The van der Waals surface area contributed by atoms with Crippen LogP contribution in [-0.2, 0) is 4.79 Å². The number of amides is 2. The average molecular weight is 385 g/mol. The first-order chi connectivity index (χ1) is 9.54. The van der Waals surface area contributed by atoms with E-state index in [1.807, 2.05) is 25.1 Å². The van der Waals surface area contributed by atoms with Gasteiger partial charge in [-0.2, -0.15) is 0 Å². The van der Waals surface area contributed by atoms with Crippen LogP contribution in [0.25, 0.3) is 0 Å². The van der Waals surface area contributed by atoms with Crippen molar-refractivity contribution in [2.75, 3.05) is 6.54 Å². The molecular formula is C14H16IN3O2. The molecule has 0 saturated carbocycles. The fourth-order valence-electron chi connectivity index (χ4n) is 2.51. The highest BCUT2D eigenvalue weighted by Gasteiger charge is 2.36. The first-order valence-corrected chi connectivity index (χ1v) is 7.56. The van der Waals surface area contributed by atoms with Crippen molar-refractivity contribution in [2.45, 2.75) is 25.8 Å². The standard InChI is InChI=1S/C14H16IN3O2/c1-2-7-18-11(8-12(19)17-14(15)16)9-5-3-4-6-10(9)13(18)20/h3-6,11H,2,7-8H2,1H3,(H2,16,17,19). The lowest BCUT2D eigenvalue weighted by Gasteiger charge is -2.24. The SMILES string of the molecule is CCCN1C(=O)c2ccccc2C1CC(=O)NC(=N)I. The minimum absolute atomic E-state index is 0.00944. The minimum Gasteiger partial charge on any atom is -0.331 e. The molecule has 0 saturated heterocycles. The minimum atomic E-state index is -0.236. The smallest absolute Gasteiger partial charge is 0.254 e. The Morgan fingerprint density at radius 2 is 2.15 bits per heavy atom. The molecule has 2 N–H and O–H groups in total. The second-order valence-electron chi connectivity index (χ2n) is 4.67. The molecule has 1 unspecified atom stereocenters. The van der Waals surface area contributed by atoms with Crippen molar-refractivity contribution < 1.29 is 9.59 Å². The van der Waals surface area contributed by atoms with E-state index in [1.54, 1.807) is 33.6 Å². The van der Waals surface area contributed by atoms with Crippen molar-refractivity contribution in [2.24, 2.45) is 0 Å². The van der Waals surface area contributed by atoms with E-state index >= 15 is 0 Å². The predicted octanol–water partition coefficient (Wildman–Crippen LogP) is 2.47. The van der Waals surface area contributed by atoms with Crippen LogP contribution in [0.4, 0.5) is 0 Å². The van der Waals surface area contributed by atoms with Crippen LogP contribution < -0.4 is 5.32 Å².